The number of benzene rings is 1. The van der Waals surface area contributed by atoms with E-state index in [0.29, 0.717) is 0 Å². The second kappa shape index (κ2) is 7.27. The van der Waals surface area contributed by atoms with Crippen molar-refractivity contribution in [2.24, 2.45) is 7.05 Å². The summed E-state index contributed by atoms with van der Waals surface area (Å²) in [5.41, 5.74) is 4.97. The molecule has 0 atom stereocenters. The molecular weight excluding hydrogens is 260 g/mol. The third-order valence-electron chi connectivity index (χ3n) is 4.05. The first-order valence-corrected chi connectivity index (χ1v) is 7.66. The Morgan fingerprint density at radius 1 is 1.24 bits per heavy atom. The molecule has 1 heterocycles. The maximum Gasteiger partial charge on any atom is 0.0542 e. The number of aromatic nitrogens is 2. The van der Waals surface area contributed by atoms with E-state index in [9.17, 15) is 0 Å². The van der Waals surface area contributed by atoms with Crippen LogP contribution in [0.5, 0.6) is 0 Å². The van der Waals surface area contributed by atoms with Crippen LogP contribution in [0.25, 0.3) is 0 Å². The van der Waals surface area contributed by atoms with Crippen molar-refractivity contribution >= 4 is 5.69 Å². The zero-order valence-corrected chi connectivity index (χ0v) is 13.6. The topological polar surface area (TPSA) is 33.1 Å². The van der Waals surface area contributed by atoms with Gasteiger partial charge < -0.3 is 5.32 Å². The van der Waals surface area contributed by atoms with Crippen molar-refractivity contribution in [2.45, 2.75) is 33.9 Å². The fourth-order valence-corrected chi connectivity index (χ4v) is 2.40. The van der Waals surface area contributed by atoms with Crippen LogP contribution in [0, 0.1) is 6.92 Å². The Morgan fingerprint density at radius 3 is 2.62 bits per heavy atom. The van der Waals surface area contributed by atoms with Gasteiger partial charge in [-0.2, -0.15) is 5.10 Å². The molecule has 0 aliphatic rings. The van der Waals surface area contributed by atoms with Gasteiger partial charge >= 0.3 is 0 Å². The van der Waals surface area contributed by atoms with Crippen LogP contribution in [0.4, 0.5) is 5.69 Å². The van der Waals surface area contributed by atoms with Gasteiger partial charge in [-0.15, -0.1) is 0 Å². The number of rotatable bonds is 7. The molecular formula is C17H26N4. The second-order valence-electron chi connectivity index (χ2n) is 5.39. The summed E-state index contributed by atoms with van der Waals surface area (Å²) in [6, 6.07) is 8.68. The maximum atomic E-state index is 4.28. The molecule has 4 heteroatoms. The molecule has 1 aromatic carbocycles. The Hall–Kier alpha value is -1.81. The van der Waals surface area contributed by atoms with E-state index < -0.39 is 0 Å². The molecule has 21 heavy (non-hydrogen) atoms. The minimum atomic E-state index is 0.814. The highest BCUT2D eigenvalue weighted by Crippen LogP contribution is 2.15. The van der Waals surface area contributed by atoms with Crippen LogP contribution in [-0.4, -0.2) is 27.8 Å². The minimum Gasteiger partial charge on any atom is -0.381 e. The Balaban J connectivity index is 1.99. The van der Waals surface area contributed by atoms with Gasteiger partial charge in [-0.3, -0.25) is 9.58 Å². The standard InChI is InChI=1S/C17H26N4/c1-5-21(6-2)13-15-8-7-9-17(10-15)18-11-16-12-19-20(4)14(16)3/h7-10,12,18H,5-6,11,13H2,1-4H3. The first-order chi connectivity index (χ1) is 10.1. The molecule has 2 rings (SSSR count). The molecule has 2 aromatic rings. The molecule has 0 saturated carbocycles. The summed E-state index contributed by atoms with van der Waals surface area (Å²) >= 11 is 0. The molecule has 0 aliphatic heterocycles. The van der Waals surface area contributed by atoms with E-state index >= 15 is 0 Å². The monoisotopic (exact) mass is 286 g/mol. The van der Waals surface area contributed by atoms with E-state index in [1.807, 2.05) is 17.9 Å². The van der Waals surface area contributed by atoms with E-state index in [1.165, 1.54) is 22.5 Å². The smallest absolute Gasteiger partial charge is 0.0542 e. The zero-order chi connectivity index (χ0) is 15.2. The molecule has 0 bridgehead atoms. The van der Waals surface area contributed by atoms with Gasteiger partial charge in [0.05, 0.1) is 6.20 Å². The Kier molecular flexibility index (Phi) is 5.39. The van der Waals surface area contributed by atoms with Crippen LogP contribution < -0.4 is 5.32 Å². The number of hydrogen-bond acceptors (Lipinski definition) is 3. The summed E-state index contributed by atoms with van der Waals surface area (Å²) < 4.78 is 1.91. The van der Waals surface area contributed by atoms with Gasteiger partial charge in [0, 0.05) is 37.1 Å². The minimum absolute atomic E-state index is 0.814. The van der Waals surface area contributed by atoms with Crippen molar-refractivity contribution in [1.82, 2.24) is 14.7 Å². The average molecular weight is 286 g/mol. The van der Waals surface area contributed by atoms with E-state index in [1.54, 1.807) is 0 Å². The highest BCUT2D eigenvalue weighted by molar-refractivity contribution is 5.46. The highest BCUT2D eigenvalue weighted by atomic mass is 15.3. The number of nitrogens with one attached hydrogen (secondary N) is 1. The van der Waals surface area contributed by atoms with Gasteiger partial charge in [-0.1, -0.05) is 26.0 Å². The summed E-state index contributed by atoms with van der Waals surface area (Å²) in [5, 5.41) is 7.77. The summed E-state index contributed by atoms with van der Waals surface area (Å²) in [4.78, 5) is 2.42. The van der Waals surface area contributed by atoms with E-state index in [2.05, 4.69) is 60.4 Å². The molecule has 0 radical (unpaired) electrons. The summed E-state index contributed by atoms with van der Waals surface area (Å²) in [5.74, 6) is 0. The molecule has 1 aromatic heterocycles. The zero-order valence-electron chi connectivity index (χ0n) is 13.6. The third kappa shape index (κ3) is 4.08. The van der Waals surface area contributed by atoms with Crippen molar-refractivity contribution in [3.8, 4) is 0 Å². The SMILES string of the molecule is CCN(CC)Cc1cccc(NCc2cnn(C)c2C)c1. The van der Waals surface area contributed by atoms with Crippen molar-refractivity contribution in [1.29, 1.82) is 0 Å². The molecule has 0 fully saturated rings. The largest absolute Gasteiger partial charge is 0.381 e. The van der Waals surface area contributed by atoms with Crippen LogP contribution in [0.2, 0.25) is 0 Å². The lowest BCUT2D eigenvalue weighted by atomic mass is 10.1. The molecule has 0 amide bonds. The van der Waals surface area contributed by atoms with Gasteiger partial charge in [0.25, 0.3) is 0 Å². The summed E-state index contributed by atoms with van der Waals surface area (Å²) in [7, 11) is 1.98. The summed E-state index contributed by atoms with van der Waals surface area (Å²) in [6.07, 6.45) is 1.93. The normalized spacial score (nSPS) is 11.1. The van der Waals surface area contributed by atoms with Crippen molar-refractivity contribution in [2.75, 3.05) is 18.4 Å². The molecule has 114 valence electrons. The fraction of sp³-hybridized carbons (Fsp3) is 0.471. The quantitative estimate of drug-likeness (QED) is 0.848. The van der Waals surface area contributed by atoms with Gasteiger partial charge in [0.15, 0.2) is 0 Å². The molecule has 4 nitrogen and oxygen atoms in total. The molecule has 0 saturated heterocycles. The Bertz CT molecular complexity index is 570. The van der Waals surface area contributed by atoms with Crippen molar-refractivity contribution in [3.63, 3.8) is 0 Å². The number of anilines is 1. The fourth-order valence-electron chi connectivity index (χ4n) is 2.40. The second-order valence-corrected chi connectivity index (χ2v) is 5.39. The average Bonchev–Trinajstić information content (AvgIpc) is 2.82. The number of nitrogens with zero attached hydrogens (tertiary/aromatic N) is 3. The van der Waals surface area contributed by atoms with E-state index in [4.69, 9.17) is 0 Å². The van der Waals surface area contributed by atoms with Crippen LogP contribution in [0.3, 0.4) is 0 Å². The van der Waals surface area contributed by atoms with E-state index in [0.717, 1.165) is 26.2 Å². The van der Waals surface area contributed by atoms with Gasteiger partial charge in [0.1, 0.15) is 0 Å². The third-order valence-corrected chi connectivity index (χ3v) is 4.05. The van der Waals surface area contributed by atoms with E-state index in [-0.39, 0.29) is 0 Å². The van der Waals surface area contributed by atoms with Crippen LogP contribution in [0.1, 0.15) is 30.7 Å². The van der Waals surface area contributed by atoms with Gasteiger partial charge in [-0.25, -0.2) is 0 Å². The van der Waals surface area contributed by atoms with Gasteiger partial charge in [-0.05, 0) is 37.7 Å². The van der Waals surface area contributed by atoms with Crippen LogP contribution >= 0.6 is 0 Å². The number of aryl methyl sites for hydroxylation is 1. The summed E-state index contributed by atoms with van der Waals surface area (Å²) in [6.45, 7) is 10.5. The first kappa shape index (κ1) is 15.6. The molecule has 1 N–H and O–H groups in total. The van der Waals surface area contributed by atoms with Gasteiger partial charge in [0.2, 0.25) is 0 Å². The highest BCUT2D eigenvalue weighted by Gasteiger charge is 2.05. The van der Waals surface area contributed by atoms with Crippen molar-refractivity contribution < 1.29 is 0 Å². The first-order valence-electron chi connectivity index (χ1n) is 7.66. The lowest BCUT2D eigenvalue weighted by Gasteiger charge is -2.18. The lowest BCUT2D eigenvalue weighted by Crippen LogP contribution is -2.22. The Morgan fingerprint density at radius 2 is 2.00 bits per heavy atom. The maximum absolute atomic E-state index is 4.28. The predicted octanol–water partition coefficient (Wildman–Crippen LogP) is 3.18. The molecule has 0 spiro atoms. The predicted molar refractivity (Wildman–Crippen MR) is 88.3 cm³/mol. The van der Waals surface area contributed by atoms with Crippen molar-refractivity contribution in [3.05, 3.63) is 47.3 Å². The Labute approximate surface area is 127 Å². The number of hydrogen-bond donors (Lipinski definition) is 1. The lowest BCUT2D eigenvalue weighted by molar-refractivity contribution is 0.296. The molecule has 0 aliphatic carbocycles. The van der Waals surface area contributed by atoms with Crippen LogP contribution in [0.15, 0.2) is 30.5 Å². The van der Waals surface area contributed by atoms with Crippen LogP contribution in [-0.2, 0) is 20.1 Å². The molecule has 0 unspecified atom stereocenters.